The van der Waals surface area contributed by atoms with Gasteiger partial charge in [0, 0.05) is 5.92 Å². The van der Waals surface area contributed by atoms with Gasteiger partial charge in [0.2, 0.25) is 0 Å². The quantitative estimate of drug-likeness (QED) is 0.119. The summed E-state index contributed by atoms with van der Waals surface area (Å²) >= 11 is 0. The van der Waals surface area contributed by atoms with Crippen LogP contribution in [0.25, 0.3) is 0 Å². The summed E-state index contributed by atoms with van der Waals surface area (Å²) in [6.45, 7) is 18.7. The van der Waals surface area contributed by atoms with Crippen LogP contribution in [0.3, 0.4) is 0 Å². The first-order chi connectivity index (χ1) is 29.5. The summed E-state index contributed by atoms with van der Waals surface area (Å²) in [6.07, 6.45) is -11.3. The SMILES string of the molecule is C=C(C)[C@@H]1CC[C@]2(C(=O)O)CC[C@]3(C)C(=CC[C@@H]4[C@@]5(C)CC[C@H](O[C@@H]6OC[C@H](O[C@@H]7O[C@H](CO)[C@@H](O)[C@H](O)[C@H]7O[C@@H]7O[C@@H](C)[C@H](O)[C@@H](O)[C@H]7O)[C@H](O)[C@H]6O)C(C)(C)[C@@H]5CC[C@]43C)[C@H]12. The molecule has 16 heteroatoms. The number of allylic oxidation sites excluding steroid dienone is 3. The molecule has 23 atom stereocenters. The lowest BCUT2D eigenvalue weighted by atomic mass is 9.34. The van der Waals surface area contributed by atoms with Crippen molar-refractivity contribution in [3.05, 3.63) is 23.8 Å². The molecular weight excluding hydrogens is 821 g/mol. The van der Waals surface area contributed by atoms with Gasteiger partial charge in [0.05, 0.1) is 30.8 Å². The van der Waals surface area contributed by atoms with E-state index in [4.69, 9.17) is 28.4 Å². The van der Waals surface area contributed by atoms with Crippen LogP contribution in [0.4, 0.5) is 0 Å². The molecule has 3 heterocycles. The summed E-state index contributed by atoms with van der Waals surface area (Å²) < 4.78 is 35.9. The Hall–Kier alpha value is -1.61. The van der Waals surface area contributed by atoms with Gasteiger partial charge in [-0.3, -0.25) is 4.79 Å². The van der Waals surface area contributed by atoms with E-state index in [1.807, 2.05) is 0 Å². The second kappa shape index (κ2) is 16.9. The Balaban J connectivity index is 0.956. The lowest BCUT2D eigenvalue weighted by Crippen LogP contribution is -2.66. The zero-order valence-corrected chi connectivity index (χ0v) is 37.9. The Labute approximate surface area is 370 Å². The van der Waals surface area contributed by atoms with Gasteiger partial charge >= 0.3 is 5.97 Å². The molecule has 0 radical (unpaired) electrons. The molecule has 0 aromatic carbocycles. The minimum Gasteiger partial charge on any atom is -0.481 e. The largest absolute Gasteiger partial charge is 0.481 e. The topological polar surface area (TPSA) is 255 Å². The molecule has 358 valence electrons. The van der Waals surface area contributed by atoms with E-state index >= 15 is 0 Å². The molecule has 63 heavy (non-hydrogen) atoms. The van der Waals surface area contributed by atoms with Gasteiger partial charge in [-0.25, -0.2) is 0 Å². The van der Waals surface area contributed by atoms with Crippen molar-refractivity contribution >= 4 is 5.97 Å². The van der Waals surface area contributed by atoms with E-state index in [9.17, 15) is 50.8 Å². The molecule has 3 aliphatic heterocycles. The number of aliphatic hydroxyl groups is 8. The van der Waals surface area contributed by atoms with Crippen LogP contribution in [0, 0.1) is 50.7 Å². The van der Waals surface area contributed by atoms with Gasteiger partial charge in [-0.1, -0.05) is 58.4 Å². The highest BCUT2D eigenvalue weighted by Gasteiger charge is 2.70. The molecule has 8 aliphatic rings. The number of carboxylic acid groups (broad SMARTS) is 1. The first-order valence-electron chi connectivity index (χ1n) is 23.3. The van der Waals surface area contributed by atoms with Crippen LogP contribution in [0.5, 0.6) is 0 Å². The van der Waals surface area contributed by atoms with Crippen molar-refractivity contribution in [3.63, 3.8) is 0 Å². The summed E-state index contributed by atoms with van der Waals surface area (Å²) in [5, 5.41) is 96.5. The van der Waals surface area contributed by atoms with E-state index in [0.29, 0.717) is 25.2 Å². The van der Waals surface area contributed by atoms with Crippen molar-refractivity contribution in [1.82, 2.24) is 0 Å². The molecule has 0 bridgehead atoms. The molecule has 16 nitrogen and oxygen atoms in total. The van der Waals surface area contributed by atoms with Gasteiger partial charge in [-0.05, 0) is 111 Å². The second-order valence-corrected chi connectivity index (χ2v) is 22.1. The zero-order valence-electron chi connectivity index (χ0n) is 37.9. The number of carbonyl (C=O) groups is 1. The highest BCUT2D eigenvalue weighted by atomic mass is 16.8. The fraction of sp³-hybridized carbons (Fsp3) is 0.894. The van der Waals surface area contributed by atoms with Gasteiger partial charge < -0.3 is 74.4 Å². The second-order valence-electron chi connectivity index (χ2n) is 22.1. The maximum absolute atomic E-state index is 13.1. The maximum atomic E-state index is 13.1. The minimum absolute atomic E-state index is 0.0285. The van der Waals surface area contributed by atoms with Crippen molar-refractivity contribution in [1.29, 1.82) is 0 Å². The Morgan fingerprint density at radius 3 is 2.13 bits per heavy atom. The lowest BCUT2D eigenvalue weighted by Gasteiger charge is -2.70. The number of aliphatic carboxylic acids is 1. The highest BCUT2D eigenvalue weighted by molar-refractivity contribution is 5.77. The standard InChI is InChI=1S/C47H74O16/c1-21(2)23-11-16-47(42(56)57)18-17-45(7)24(30(23)47)9-10-28-44(6)14-13-29(43(4,5)27(44)12-15-46(28,45)8)62-39-36(54)33(51)26(20-58-39)61-41-38(35(53)32(50)25(19-48)60-41)63-40-37(55)34(52)31(49)22(3)59-40/h9,22-23,25-41,48-55H,1,10-20H2,2-8H3,(H,56,57)/t22-,23-,25+,26-,27-,28+,29-,30-,31-,32+,33-,34+,35-,36+,37+,38+,39-,40-,41-,44-,45+,46+,47-/m0/s1. The van der Waals surface area contributed by atoms with E-state index < -0.39 is 104 Å². The number of aliphatic hydroxyl groups excluding tert-OH is 8. The fourth-order valence-corrected chi connectivity index (χ4v) is 14.9. The molecule has 0 amide bonds. The number of hydrogen-bond donors (Lipinski definition) is 9. The first-order valence-corrected chi connectivity index (χ1v) is 23.3. The Morgan fingerprint density at radius 2 is 1.46 bits per heavy atom. The predicted octanol–water partition coefficient (Wildman–Crippen LogP) is 2.15. The number of ether oxygens (including phenoxy) is 6. The fourth-order valence-electron chi connectivity index (χ4n) is 14.9. The van der Waals surface area contributed by atoms with Gasteiger partial charge in [0.15, 0.2) is 18.9 Å². The number of fused-ring (bicyclic) bond motifs is 7. The van der Waals surface area contributed by atoms with Gasteiger partial charge in [-0.2, -0.15) is 0 Å². The van der Waals surface area contributed by atoms with Crippen LogP contribution in [-0.4, -0.2) is 157 Å². The van der Waals surface area contributed by atoms with Crippen molar-refractivity contribution in [2.45, 2.75) is 198 Å². The van der Waals surface area contributed by atoms with Crippen LogP contribution in [0.1, 0.15) is 106 Å². The Bertz CT molecular complexity index is 1760. The summed E-state index contributed by atoms with van der Waals surface area (Å²) in [5.74, 6) is 0.107. The van der Waals surface area contributed by atoms with Gasteiger partial charge in [0.1, 0.15) is 61.0 Å². The first kappa shape index (κ1) is 47.9. The van der Waals surface area contributed by atoms with Crippen LogP contribution in [0.2, 0.25) is 0 Å². The number of carboxylic acids is 1. The summed E-state index contributed by atoms with van der Waals surface area (Å²) in [7, 11) is 0. The number of rotatable bonds is 9. The van der Waals surface area contributed by atoms with E-state index in [-0.39, 0.29) is 52.1 Å². The number of hydrogen-bond acceptors (Lipinski definition) is 15. The van der Waals surface area contributed by atoms with Crippen molar-refractivity contribution in [2.24, 2.45) is 50.7 Å². The maximum Gasteiger partial charge on any atom is 0.310 e. The van der Waals surface area contributed by atoms with E-state index in [1.165, 1.54) is 12.5 Å². The van der Waals surface area contributed by atoms with Gasteiger partial charge in [-0.15, -0.1) is 0 Å². The third kappa shape index (κ3) is 7.26. The monoisotopic (exact) mass is 894 g/mol. The van der Waals surface area contributed by atoms with E-state index in [2.05, 4.69) is 54.2 Å². The average molecular weight is 895 g/mol. The summed E-state index contributed by atoms with van der Waals surface area (Å²) in [5.41, 5.74) is 1.12. The molecule has 3 saturated heterocycles. The molecule has 4 saturated carbocycles. The zero-order chi connectivity index (χ0) is 45.9. The van der Waals surface area contributed by atoms with Crippen molar-refractivity contribution in [3.8, 4) is 0 Å². The molecule has 0 unspecified atom stereocenters. The molecule has 5 aliphatic carbocycles. The smallest absolute Gasteiger partial charge is 0.310 e. The van der Waals surface area contributed by atoms with Crippen molar-refractivity contribution < 1.29 is 79.2 Å². The normalized spacial score (nSPS) is 54.2. The predicted molar refractivity (Wildman–Crippen MR) is 223 cm³/mol. The third-order valence-electron chi connectivity index (χ3n) is 18.8. The summed E-state index contributed by atoms with van der Waals surface area (Å²) in [6, 6.07) is 0. The Kier molecular flexibility index (Phi) is 12.8. The molecule has 0 spiro atoms. The highest BCUT2D eigenvalue weighted by Crippen LogP contribution is 2.76. The average Bonchev–Trinajstić information content (AvgIpc) is 3.64. The molecule has 0 aromatic rings. The third-order valence-corrected chi connectivity index (χ3v) is 18.8. The lowest BCUT2D eigenvalue weighted by molar-refractivity contribution is -0.382. The molecular formula is C47H74O16. The van der Waals surface area contributed by atoms with Crippen LogP contribution >= 0.6 is 0 Å². The Morgan fingerprint density at radius 1 is 0.762 bits per heavy atom. The van der Waals surface area contributed by atoms with Crippen LogP contribution < -0.4 is 0 Å². The van der Waals surface area contributed by atoms with Crippen LogP contribution in [-0.2, 0) is 33.2 Å². The summed E-state index contributed by atoms with van der Waals surface area (Å²) in [4.78, 5) is 13.1. The van der Waals surface area contributed by atoms with E-state index in [1.54, 1.807) is 0 Å². The van der Waals surface area contributed by atoms with Crippen LogP contribution in [0.15, 0.2) is 23.8 Å². The van der Waals surface area contributed by atoms with Gasteiger partial charge in [0.25, 0.3) is 0 Å². The van der Waals surface area contributed by atoms with Crippen molar-refractivity contribution in [2.75, 3.05) is 13.2 Å². The minimum atomic E-state index is -1.76. The molecule has 9 N–H and O–H groups in total. The van der Waals surface area contributed by atoms with E-state index in [0.717, 1.165) is 44.1 Å². The molecule has 8 rings (SSSR count). The molecule has 0 aromatic heterocycles. The molecule has 7 fully saturated rings.